The first-order chi connectivity index (χ1) is 9.02. The number of nitrogens with zero attached hydrogens (tertiary/aromatic N) is 1. The number of aliphatic hydroxyl groups is 1. The lowest BCUT2D eigenvalue weighted by Gasteiger charge is -2.18. The third-order valence-electron chi connectivity index (χ3n) is 3.95. The van der Waals surface area contributed by atoms with Crippen molar-refractivity contribution < 1.29 is 15.0 Å². The van der Waals surface area contributed by atoms with Crippen LogP contribution in [0, 0.1) is 5.92 Å². The predicted molar refractivity (Wildman–Crippen MR) is 73.4 cm³/mol. The third-order valence-corrected chi connectivity index (χ3v) is 3.95. The molecular formula is C15H21NO3. The van der Waals surface area contributed by atoms with Crippen molar-refractivity contribution in [3.63, 3.8) is 0 Å². The van der Waals surface area contributed by atoms with Crippen LogP contribution in [0.15, 0.2) is 24.3 Å². The second-order valence-corrected chi connectivity index (χ2v) is 5.56. The highest BCUT2D eigenvalue weighted by Gasteiger charge is 2.35. The van der Waals surface area contributed by atoms with Crippen LogP contribution in [-0.2, 0) is 0 Å². The van der Waals surface area contributed by atoms with Gasteiger partial charge in [0.05, 0.1) is 0 Å². The molecule has 19 heavy (non-hydrogen) atoms. The number of hydrogen-bond donors (Lipinski definition) is 2. The molecule has 0 bridgehead atoms. The van der Waals surface area contributed by atoms with Gasteiger partial charge in [0.15, 0.2) is 0 Å². The highest BCUT2D eigenvalue weighted by Crippen LogP contribution is 2.33. The molecule has 4 nitrogen and oxygen atoms in total. The Morgan fingerprint density at radius 3 is 2.74 bits per heavy atom. The Balaban J connectivity index is 2.24. The first-order valence-corrected chi connectivity index (χ1v) is 6.71. The van der Waals surface area contributed by atoms with Gasteiger partial charge in [-0.3, -0.25) is 0 Å². The van der Waals surface area contributed by atoms with E-state index < -0.39 is 6.09 Å². The predicted octanol–water partition coefficient (Wildman–Crippen LogP) is 2.50. The molecule has 1 amide bonds. The molecule has 104 valence electrons. The van der Waals surface area contributed by atoms with Crippen LogP contribution in [0.4, 0.5) is 4.79 Å². The lowest BCUT2D eigenvalue weighted by atomic mass is 9.87. The molecule has 2 atom stereocenters. The largest absolute Gasteiger partial charge is 0.465 e. The van der Waals surface area contributed by atoms with Crippen LogP contribution in [0.1, 0.15) is 36.8 Å². The van der Waals surface area contributed by atoms with Gasteiger partial charge < -0.3 is 15.1 Å². The van der Waals surface area contributed by atoms with Crippen molar-refractivity contribution in [1.82, 2.24) is 4.90 Å². The van der Waals surface area contributed by atoms with Crippen molar-refractivity contribution in [3.8, 4) is 0 Å². The number of carbonyl (C=O) groups is 1. The zero-order chi connectivity index (χ0) is 14.0. The minimum absolute atomic E-state index is 0.00138. The molecule has 1 aromatic carbocycles. The van der Waals surface area contributed by atoms with Crippen LogP contribution < -0.4 is 0 Å². The van der Waals surface area contributed by atoms with Crippen molar-refractivity contribution in [2.24, 2.45) is 5.92 Å². The topological polar surface area (TPSA) is 60.8 Å². The van der Waals surface area contributed by atoms with E-state index in [4.69, 9.17) is 5.11 Å². The van der Waals surface area contributed by atoms with Gasteiger partial charge in [-0.2, -0.15) is 0 Å². The van der Waals surface area contributed by atoms with Gasteiger partial charge >= 0.3 is 6.09 Å². The van der Waals surface area contributed by atoms with E-state index in [1.807, 2.05) is 12.1 Å². The van der Waals surface area contributed by atoms with Crippen LogP contribution in [0.3, 0.4) is 0 Å². The summed E-state index contributed by atoms with van der Waals surface area (Å²) in [6.45, 7) is 5.20. The van der Waals surface area contributed by atoms with Crippen LogP contribution >= 0.6 is 0 Å². The summed E-state index contributed by atoms with van der Waals surface area (Å²) in [5.74, 6) is 0.544. The summed E-state index contributed by atoms with van der Waals surface area (Å²) in [4.78, 5) is 12.5. The van der Waals surface area contributed by atoms with Crippen molar-refractivity contribution in [3.05, 3.63) is 35.4 Å². The Kier molecular flexibility index (Phi) is 4.10. The van der Waals surface area contributed by atoms with E-state index in [-0.39, 0.29) is 18.4 Å². The quantitative estimate of drug-likeness (QED) is 0.880. The Hall–Kier alpha value is -1.55. The van der Waals surface area contributed by atoms with E-state index in [1.165, 1.54) is 10.5 Å². The standard InChI is InChI=1S/C15H21NO3/c1-10(2)11-4-3-5-12(6-11)14-8-16(15(18)19)7-13(14)9-17/h3-6,10,13-14,17H,7-9H2,1-2H3,(H,18,19)/t13-,14+/m1/s1. The fourth-order valence-corrected chi connectivity index (χ4v) is 2.74. The van der Waals surface area contributed by atoms with E-state index in [1.54, 1.807) is 0 Å². The van der Waals surface area contributed by atoms with E-state index in [0.717, 1.165) is 5.56 Å². The lowest BCUT2D eigenvalue weighted by Crippen LogP contribution is -2.27. The number of amides is 1. The molecule has 0 aliphatic carbocycles. The third kappa shape index (κ3) is 2.89. The summed E-state index contributed by atoms with van der Waals surface area (Å²) in [5, 5.41) is 18.5. The number of rotatable bonds is 3. The maximum atomic E-state index is 11.1. The molecule has 0 aromatic heterocycles. The van der Waals surface area contributed by atoms with Crippen LogP contribution in [0.2, 0.25) is 0 Å². The summed E-state index contributed by atoms with van der Waals surface area (Å²) in [6, 6.07) is 8.28. The number of benzene rings is 1. The van der Waals surface area contributed by atoms with Crippen molar-refractivity contribution in [2.75, 3.05) is 19.7 Å². The molecule has 0 saturated carbocycles. The zero-order valence-electron chi connectivity index (χ0n) is 11.4. The Bertz CT molecular complexity index is 458. The highest BCUT2D eigenvalue weighted by molar-refractivity contribution is 5.65. The van der Waals surface area contributed by atoms with Crippen LogP contribution in [-0.4, -0.2) is 40.9 Å². The average molecular weight is 263 g/mol. The summed E-state index contributed by atoms with van der Waals surface area (Å²) in [7, 11) is 0. The number of hydrogen-bond acceptors (Lipinski definition) is 2. The molecule has 1 fully saturated rings. The smallest absolute Gasteiger partial charge is 0.407 e. The summed E-state index contributed by atoms with van der Waals surface area (Å²) in [6.07, 6.45) is -0.902. The molecule has 1 aromatic rings. The maximum absolute atomic E-state index is 11.1. The maximum Gasteiger partial charge on any atom is 0.407 e. The Labute approximate surface area is 113 Å². The highest BCUT2D eigenvalue weighted by atomic mass is 16.4. The van der Waals surface area contributed by atoms with Gasteiger partial charge in [0, 0.05) is 31.5 Å². The number of likely N-dealkylation sites (tertiary alicyclic amines) is 1. The molecule has 2 rings (SSSR count). The Morgan fingerprint density at radius 1 is 1.42 bits per heavy atom. The van der Waals surface area contributed by atoms with Gasteiger partial charge in [-0.15, -0.1) is 0 Å². The van der Waals surface area contributed by atoms with E-state index >= 15 is 0 Å². The van der Waals surface area contributed by atoms with Gasteiger partial charge in [0.1, 0.15) is 0 Å². The average Bonchev–Trinajstić information content (AvgIpc) is 2.83. The number of aliphatic hydroxyl groups excluding tert-OH is 1. The second kappa shape index (κ2) is 5.61. The minimum atomic E-state index is -0.902. The fraction of sp³-hybridized carbons (Fsp3) is 0.533. The molecule has 0 radical (unpaired) electrons. The molecular weight excluding hydrogens is 242 g/mol. The molecule has 0 spiro atoms. The van der Waals surface area contributed by atoms with Crippen molar-refractivity contribution in [2.45, 2.75) is 25.7 Å². The lowest BCUT2D eigenvalue weighted by molar-refractivity contribution is 0.150. The fourth-order valence-electron chi connectivity index (χ4n) is 2.74. The van der Waals surface area contributed by atoms with Crippen molar-refractivity contribution >= 4 is 6.09 Å². The normalized spacial score (nSPS) is 23.1. The van der Waals surface area contributed by atoms with Crippen LogP contribution in [0.5, 0.6) is 0 Å². The van der Waals surface area contributed by atoms with Gasteiger partial charge in [-0.05, 0) is 17.0 Å². The molecule has 2 N–H and O–H groups in total. The van der Waals surface area contributed by atoms with Crippen LogP contribution in [0.25, 0.3) is 0 Å². The first-order valence-electron chi connectivity index (χ1n) is 6.71. The van der Waals surface area contributed by atoms with E-state index in [2.05, 4.69) is 26.0 Å². The minimum Gasteiger partial charge on any atom is -0.465 e. The molecule has 4 heteroatoms. The molecule has 1 heterocycles. The molecule has 1 saturated heterocycles. The summed E-state index contributed by atoms with van der Waals surface area (Å²) in [5.41, 5.74) is 2.39. The summed E-state index contributed by atoms with van der Waals surface area (Å²) >= 11 is 0. The van der Waals surface area contributed by atoms with E-state index in [9.17, 15) is 9.90 Å². The summed E-state index contributed by atoms with van der Waals surface area (Å²) < 4.78 is 0. The molecule has 1 aliphatic rings. The first kappa shape index (κ1) is 13.9. The van der Waals surface area contributed by atoms with Gasteiger partial charge in [-0.25, -0.2) is 4.79 Å². The second-order valence-electron chi connectivity index (χ2n) is 5.56. The molecule has 0 unspecified atom stereocenters. The Morgan fingerprint density at radius 2 is 2.16 bits per heavy atom. The van der Waals surface area contributed by atoms with Gasteiger partial charge in [0.25, 0.3) is 0 Å². The van der Waals surface area contributed by atoms with Gasteiger partial charge in [0.2, 0.25) is 0 Å². The molecule has 1 aliphatic heterocycles. The van der Waals surface area contributed by atoms with E-state index in [0.29, 0.717) is 19.0 Å². The SMILES string of the molecule is CC(C)c1cccc([C@@H]2CN(C(=O)O)C[C@@H]2CO)c1. The monoisotopic (exact) mass is 263 g/mol. The number of carboxylic acid groups (broad SMARTS) is 1. The zero-order valence-corrected chi connectivity index (χ0v) is 11.4. The van der Waals surface area contributed by atoms with Gasteiger partial charge in [-0.1, -0.05) is 38.1 Å². The van der Waals surface area contributed by atoms with Crippen molar-refractivity contribution in [1.29, 1.82) is 0 Å².